The number of thiol groups is 1. The second kappa shape index (κ2) is 5.08. The molecule has 0 spiro atoms. The van der Waals surface area contributed by atoms with Crippen LogP contribution in [0.25, 0.3) is 0 Å². The summed E-state index contributed by atoms with van der Waals surface area (Å²) in [4.78, 5) is 14.1. The summed E-state index contributed by atoms with van der Waals surface area (Å²) in [6, 6.07) is 7.79. The first kappa shape index (κ1) is 12.9. The second-order valence-corrected chi connectivity index (χ2v) is 5.92. The Kier molecular flexibility index (Phi) is 3.44. The van der Waals surface area contributed by atoms with Gasteiger partial charge in [-0.1, -0.05) is 25.0 Å². The summed E-state index contributed by atoms with van der Waals surface area (Å²) in [6.45, 7) is 0.926. The van der Waals surface area contributed by atoms with Crippen LogP contribution >= 0.6 is 12.6 Å². The van der Waals surface area contributed by atoms with Crippen molar-refractivity contribution in [1.29, 1.82) is 0 Å². The number of carbonyl (C=O) groups is 1. The number of fused-ring (bicyclic) bond motifs is 1. The average Bonchev–Trinajstić information content (AvgIpc) is 2.91. The normalized spacial score (nSPS) is 21.1. The van der Waals surface area contributed by atoms with Crippen molar-refractivity contribution in [3.63, 3.8) is 0 Å². The van der Waals surface area contributed by atoms with E-state index in [0.29, 0.717) is 0 Å². The van der Waals surface area contributed by atoms with Crippen LogP contribution < -0.4 is 9.64 Å². The largest absolute Gasteiger partial charge is 0.482 e. The van der Waals surface area contributed by atoms with Crippen LogP contribution in [0.1, 0.15) is 25.7 Å². The van der Waals surface area contributed by atoms with Crippen LogP contribution in [0.5, 0.6) is 5.75 Å². The maximum atomic E-state index is 12.2. The van der Waals surface area contributed by atoms with Crippen LogP contribution in [0.2, 0.25) is 0 Å². The van der Waals surface area contributed by atoms with Crippen LogP contribution in [0.4, 0.5) is 5.69 Å². The smallest absolute Gasteiger partial charge is 0.265 e. The number of ether oxygens (including phenoxy) is 1. The molecule has 1 aromatic rings. The molecule has 1 heterocycles. The molecule has 4 heteroatoms. The van der Waals surface area contributed by atoms with Crippen molar-refractivity contribution in [2.45, 2.75) is 25.7 Å². The zero-order valence-electron chi connectivity index (χ0n) is 11.0. The van der Waals surface area contributed by atoms with Crippen molar-refractivity contribution in [3.05, 3.63) is 24.3 Å². The Balaban J connectivity index is 1.89. The van der Waals surface area contributed by atoms with Gasteiger partial charge in [-0.3, -0.25) is 4.79 Å². The molecule has 0 saturated heterocycles. The van der Waals surface area contributed by atoms with Crippen molar-refractivity contribution in [1.82, 2.24) is 0 Å². The zero-order valence-corrected chi connectivity index (χ0v) is 11.9. The third-order valence-electron chi connectivity index (χ3n) is 4.30. The molecule has 19 heavy (non-hydrogen) atoms. The number of anilines is 1. The molecule has 0 bridgehead atoms. The van der Waals surface area contributed by atoms with Gasteiger partial charge in [0.05, 0.1) is 5.69 Å². The van der Waals surface area contributed by atoms with E-state index < -0.39 is 0 Å². The number of hydrogen-bond acceptors (Lipinski definition) is 3. The molecular weight excluding hydrogens is 258 g/mol. The quantitative estimate of drug-likeness (QED) is 0.861. The lowest BCUT2D eigenvalue weighted by atomic mass is 9.87. The second-order valence-electron chi connectivity index (χ2n) is 5.60. The highest BCUT2D eigenvalue weighted by molar-refractivity contribution is 7.80. The number of benzene rings is 1. The fourth-order valence-electron chi connectivity index (χ4n) is 3.15. The van der Waals surface area contributed by atoms with Crippen LogP contribution in [-0.4, -0.2) is 24.8 Å². The van der Waals surface area contributed by atoms with Crippen LogP contribution in [-0.2, 0) is 4.79 Å². The van der Waals surface area contributed by atoms with Gasteiger partial charge in [0.2, 0.25) is 0 Å². The number of amides is 1. The molecule has 3 rings (SSSR count). The molecule has 0 unspecified atom stereocenters. The predicted molar refractivity (Wildman–Crippen MR) is 79.0 cm³/mol. The van der Waals surface area contributed by atoms with E-state index in [-0.39, 0.29) is 17.9 Å². The van der Waals surface area contributed by atoms with Gasteiger partial charge >= 0.3 is 0 Å². The van der Waals surface area contributed by atoms with Crippen molar-refractivity contribution < 1.29 is 9.53 Å². The summed E-state index contributed by atoms with van der Waals surface area (Å²) < 4.78 is 5.49. The monoisotopic (exact) mass is 277 g/mol. The molecular formula is C15H19NO2S. The number of carbonyl (C=O) groups excluding carboxylic acids is 1. The molecule has 1 aliphatic carbocycles. The van der Waals surface area contributed by atoms with Crippen LogP contribution in [0.3, 0.4) is 0 Å². The van der Waals surface area contributed by atoms with E-state index in [4.69, 9.17) is 4.74 Å². The lowest BCUT2D eigenvalue weighted by Gasteiger charge is -2.37. The molecule has 0 aromatic heterocycles. The van der Waals surface area contributed by atoms with E-state index in [0.717, 1.165) is 23.7 Å². The van der Waals surface area contributed by atoms with E-state index in [2.05, 4.69) is 12.6 Å². The fraction of sp³-hybridized carbons (Fsp3) is 0.533. The molecule has 3 nitrogen and oxygen atoms in total. The average molecular weight is 277 g/mol. The Morgan fingerprint density at radius 1 is 1.26 bits per heavy atom. The lowest BCUT2D eigenvalue weighted by molar-refractivity contribution is -0.121. The fourth-order valence-corrected chi connectivity index (χ4v) is 3.57. The third kappa shape index (κ3) is 2.34. The summed E-state index contributed by atoms with van der Waals surface area (Å²) in [7, 11) is 0. The topological polar surface area (TPSA) is 29.5 Å². The molecule has 1 amide bonds. The highest BCUT2D eigenvalue weighted by atomic mass is 32.1. The molecule has 1 aromatic carbocycles. The summed E-state index contributed by atoms with van der Waals surface area (Å²) in [5, 5.41) is 0. The van der Waals surface area contributed by atoms with Crippen LogP contribution in [0.15, 0.2) is 24.3 Å². The van der Waals surface area contributed by atoms with Gasteiger partial charge < -0.3 is 9.64 Å². The molecule has 0 atom stereocenters. The van der Waals surface area contributed by atoms with E-state index >= 15 is 0 Å². The van der Waals surface area contributed by atoms with Crippen molar-refractivity contribution in [3.8, 4) is 5.75 Å². The Labute approximate surface area is 119 Å². The van der Waals surface area contributed by atoms with Gasteiger partial charge in [-0.15, -0.1) is 0 Å². The zero-order chi connectivity index (χ0) is 13.3. The lowest BCUT2D eigenvalue weighted by Crippen LogP contribution is -2.45. The Bertz CT molecular complexity index is 483. The molecule has 102 valence electrons. The first-order valence-electron chi connectivity index (χ1n) is 6.87. The van der Waals surface area contributed by atoms with E-state index in [1.165, 1.54) is 25.7 Å². The maximum absolute atomic E-state index is 12.2. The van der Waals surface area contributed by atoms with Crippen LogP contribution in [0, 0.1) is 5.41 Å². The summed E-state index contributed by atoms with van der Waals surface area (Å²) >= 11 is 4.53. The van der Waals surface area contributed by atoms with Gasteiger partial charge in [-0.05, 0) is 36.1 Å². The van der Waals surface area contributed by atoms with Crippen molar-refractivity contribution in [2.24, 2.45) is 5.41 Å². The van der Waals surface area contributed by atoms with Gasteiger partial charge in [0.1, 0.15) is 5.75 Å². The summed E-state index contributed by atoms with van der Waals surface area (Å²) in [5.41, 5.74) is 1.09. The number of rotatable bonds is 3. The van der Waals surface area contributed by atoms with E-state index in [1.807, 2.05) is 29.2 Å². The van der Waals surface area contributed by atoms with Gasteiger partial charge in [0, 0.05) is 6.54 Å². The van der Waals surface area contributed by atoms with E-state index in [1.54, 1.807) is 0 Å². The SMILES string of the molecule is O=C1COc2ccccc2N1CC1(CS)CCCC1. The molecule has 1 fully saturated rings. The maximum Gasteiger partial charge on any atom is 0.265 e. The first-order chi connectivity index (χ1) is 9.24. The Hall–Kier alpha value is -1.16. The van der Waals surface area contributed by atoms with Gasteiger partial charge in [0.15, 0.2) is 6.61 Å². The number of para-hydroxylation sites is 2. The molecule has 0 N–H and O–H groups in total. The van der Waals surface area contributed by atoms with E-state index in [9.17, 15) is 4.79 Å². The molecule has 1 aliphatic heterocycles. The van der Waals surface area contributed by atoms with Gasteiger partial charge in [-0.25, -0.2) is 0 Å². The summed E-state index contributed by atoms with van der Waals surface area (Å²) in [5.74, 6) is 1.72. The standard InChI is InChI=1S/C15H19NO2S/c17-14-9-18-13-6-2-1-5-12(13)16(14)10-15(11-19)7-3-4-8-15/h1-2,5-6,19H,3-4,7-11H2. The van der Waals surface area contributed by atoms with Gasteiger partial charge in [0.25, 0.3) is 5.91 Å². The van der Waals surface area contributed by atoms with Crippen molar-refractivity contribution >= 4 is 24.2 Å². The molecule has 0 radical (unpaired) electrons. The highest BCUT2D eigenvalue weighted by Gasteiger charge is 2.38. The minimum atomic E-state index is 0.0618. The molecule has 2 aliphatic rings. The third-order valence-corrected chi connectivity index (χ3v) is 4.97. The highest BCUT2D eigenvalue weighted by Crippen LogP contribution is 2.42. The minimum absolute atomic E-state index is 0.0618. The Morgan fingerprint density at radius 2 is 2.00 bits per heavy atom. The first-order valence-corrected chi connectivity index (χ1v) is 7.50. The van der Waals surface area contributed by atoms with Gasteiger partial charge in [-0.2, -0.15) is 12.6 Å². The number of hydrogen-bond donors (Lipinski definition) is 1. The minimum Gasteiger partial charge on any atom is -0.482 e. The summed E-state index contributed by atoms with van der Waals surface area (Å²) in [6.07, 6.45) is 4.84. The predicted octanol–water partition coefficient (Wildman–Crippen LogP) is 2.90. The molecule has 1 saturated carbocycles. The Morgan fingerprint density at radius 3 is 2.74 bits per heavy atom. The number of nitrogens with zero attached hydrogens (tertiary/aromatic N) is 1. The van der Waals surface area contributed by atoms with Crippen molar-refractivity contribution in [2.75, 3.05) is 23.8 Å².